The minimum Gasteiger partial charge on any atom is -0.463 e. The van der Waals surface area contributed by atoms with Gasteiger partial charge in [-0.05, 0) is 108 Å². The molecule has 0 unspecified atom stereocenters. The molecule has 394 valence electrons. The molecule has 1 saturated heterocycles. The average molecular weight is 1100 g/mol. The first-order chi connectivity index (χ1) is 31.4. The van der Waals surface area contributed by atoms with Crippen LogP contribution in [0.25, 0.3) is 22.4 Å². The molecule has 6 aromatic rings. The molecule has 2 atom stereocenters. The van der Waals surface area contributed by atoms with Crippen molar-refractivity contribution < 1.29 is 80.9 Å². The van der Waals surface area contributed by atoms with Crippen molar-refractivity contribution in [2.45, 2.75) is 126 Å². The maximum Gasteiger partial charge on any atom is 0.496 e. The van der Waals surface area contributed by atoms with Gasteiger partial charge < -0.3 is 28.3 Å². The molecule has 7 rings (SSSR count). The molecule has 7 heterocycles. The minimum atomic E-state index is -4.69. The highest BCUT2D eigenvalue weighted by atomic mass is 79.9. The molecule has 1 aliphatic rings. The Morgan fingerprint density at radius 1 is 0.620 bits per heavy atom. The summed E-state index contributed by atoms with van der Waals surface area (Å²) in [6.45, 7) is 11.3. The third-order valence-corrected chi connectivity index (χ3v) is 10.4. The smallest absolute Gasteiger partial charge is 0.463 e. The topological polar surface area (TPSA) is 142 Å². The number of hydrogen-bond acceptors (Lipinski definition) is 12. The van der Waals surface area contributed by atoms with E-state index in [1.807, 2.05) is 27.7 Å². The van der Waals surface area contributed by atoms with Crippen molar-refractivity contribution in [3.63, 3.8) is 0 Å². The molecule has 28 heteroatoms. The van der Waals surface area contributed by atoms with Crippen LogP contribution in [0.3, 0.4) is 0 Å². The molecule has 0 amide bonds. The standard InChI is InChI=1S/C17H14F6N4O2.C14H18BF4NO3.C9H8BrF2N3O.3CH4/c1-3-28-17(22,23)15-26-25-13-5-4-10(8-27(13)15)11-6-12(18)14(24-7-11)29-9(2)16(19,20)21;1-8(14(17,18)19)21-11-10(16)6-9(7-20-11)15-22-12(2,3)13(4,5)23-15;1-2-16-9(11,12)8-14-13-7-4-3-6(10)5-15(7)8;;;/h4-9H,3H2,1-2H3;6-8H,1-5H3;3-5H,2H2,1H3;3*1H4/t9-;8-;;;;/m11..../s1. The fourth-order valence-electron chi connectivity index (χ4n) is 5.59. The van der Waals surface area contributed by atoms with Gasteiger partial charge in [0.15, 0.2) is 35.1 Å². The lowest BCUT2D eigenvalue weighted by Gasteiger charge is -2.32. The second kappa shape index (κ2) is 23.5. The van der Waals surface area contributed by atoms with Gasteiger partial charge in [0.05, 0.1) is 24.4 Å². The van der Waals surface area contributed by atoms with Crippen molar-refractivity contribution in [2.75, 3.05) is 13.2 Å². The lowest BCUT2D eigenvalue weighted by molar-refractivity contribution is -0.252. The van der Waals surface area contributed by atoms with E-state index >= 15 is 0 Å². The van der Waals surface area contributed by atoms with Gasteiger partial charge in [0.25, 0.3) is 11.8 Å². The van der Waals surface area contributed by atoms with Crippen LogP contribution in [-0.4, -0.2) is 95.3 Å². The van der Waals surface area contributed by atoms with Gasteiger partial charge >= 0.3 is 31.7 Å². The predicted octanol–water partition coefficient (Wildman–Crippen LogP) is 11.7. The summed E-state index contributed by atoms with van der Waals surface area (Å²) in [6, 6.07) is 7.99. The molecule has 1 aliphatic heterocycles. The normalized spacial score (nSPS) is 15.3. The molecular formula is C43H52BBrF12N8O6. The Morgan fingerprint density at radius 3 is 1.46 bits per heavy atom. The van der Waals surface area contributed by atoms with Crippen molar-refractivity contribution in [2.24, 2.45) is 0 Å². The maximum atomic E-state index is 14.2. The van der Waals surface area contributed by atoms with Gasteiger partial charge in [0, 0.05) is 45.8 Å². The van der Waals surface area contributed by atoms with E-state index in [1.54, 1.807) is 12.1 Å². The Labute approximate surface area is 409 Å². The first-order valence-electron chi connectivity index (χ1n) is 19.9. The highest BCUT2D eigenvalue weighted by Crippen LogP contribution is 2.37. The van der Waals surface area contributed by atoms with Crippen LogP contribution >= 0.6 is 15.9 Å². The molecule has 71 heavy (non-hydrogen) atoms. The summed E-state index contributed by atoms with van der Waals surface area (Å²) in [7, 11) is -0.851. The van der Waals surface area contributed by atoms with E-state index in [-0.39, 0.29) is 57.7 Å². The zero-order valence-corrected chi connectivity index (χ0v) is 38.4. The molecule has 0 bridgehead atoms. The van der Waals surface area contributed by atoms with Gasteiger partial charge in [-0.25, -0.2) is 18.7 Å². The number of fused-ring (bicyclic) bond motifs is 2. The van der Waals surface area contributed by atoms with Crippen molar-refractivity contribution in [1.82, 2.24) is 39.2 Å². The predicted molar refractivity (Wildman–Crippen MR) is 240 cm³/mol. The molecule has 1 fully saturated rings. The van der Waals surface area contributed by atoms with Gasteiger partial charge in [-0.2, -0.15) is 43.9 Å². The zero-order chi connectivity index (χ0) is 50.8. The first kappa shape index (κ1) is 61.8. The van der Waals surface area contributed by atoms with Gasteiger partial charge in [0.1, 0.15) is 0 Å². The Morgan fingerprint density at radius 2 is 1.04 bits per heavy atom. The van der Waals surface area contributed by atoms with Crippen LogP contribution < -0.4 is 14.9 Å². The summed E-state index contributed by atoms with van der Waals surface area (Å²) in [4.78, 5) is 7.18. The molecule has 0 spiro atoms. The van der Waals surface area contributed by atoms with E-state index in [9.17, 15) is 52.7 Å². The zero-order valence-electron chi connectivity index (χ0n) is 36.9. The summed E-state index contributed by atoms with van der Waals surface area (Å²) in [6.07, 6.45) is -15.9. The van der Waals surface area contributed by atoms with E-state index < -0.39 is 90.1 Å². The van der Waals surface area contributed by atoms with Crippen LogP contribution in [0, 0.1) is 11.6 Å². The van der Waals surface area contributed by atoms with Crippen molar-refractivity contribution in [3.8, 4) is 22.9 Å². The highest BCUT2D eigenvalue weighted by Gasteiger charge is 2.52. The van der Waals surface area contributed by atoms with Gasteiger partial charge in [-0.15, -0.1) is 20.4 Å². The molecular weight excluding hydrogens is 1040 g/mol. The van der Waals surface area contributed by atoms with Crippen molar-refractivity contribution in [1.29, 1.82) is 0 Å². The van der Waals surface area contributed by atoms with Crippen molar-refractivity contribution >= 4 is 39.8 Å². The third kappa shape index (κ3) is 14.7. The Bertz CT molecular complexity index is 2680. The lowest BCUT2D eigenvalue weighted by Crippen LogP contribution is -2.41. The molecule has 0 saturated carbocycles. The molecule has 0 radical (unpaired) electrons. The average Bonchev–Trinajstić information content (AvgIpc) is 3.92. The van der Waals surface area contributed by atoms with Gasteiger partial charge in [0.2, 0.25) is 11.6 Å². The highest BCUT2D eigenvalue weighted by molar-refractivity contribution is 9.10. The summed E-state index contributed by atoms with van der Waals surface area (Å²) in [5.41, 5.74) is -0.160. The molecule has 0 aliphatic carbocycles. The van der Waals surface area contributed by atoms with Crippen LogP contribution in [0.2, 0.25) is 0 Å². The summed E-state index contributed by atoms with van der Waals surface area (Å²) < 4.78 is 190. The van der Waals surface area contributed by atoms with Gasteiger partial charge in [-0.3, -0.25) is 8.80 Å². The molecule has 0 aromatic carbocycles. The number of alkyl halides is 10. The SMILES string of the molecule is C.C.C.CCOC(F)(F)c1nnc2ccc(-c3cnc(O[C@H](C)C(F)(F)F)c(F)c3)cn12.CCOC(F)(F)c1nnc2ccc(Br)cn12.C[C@@H](Oc1ncc(B2OC(C)(C)C(C)(C)O2)cc1F)C(F)(F)F. The lowest BCUT2D eigenvalue weighted by atomic mass is 9.80. The van der Waals surface area contributed by atoms with E-state index in [2.05, 4.69) is 65.2 Å². The fourth-order valence-corrected chi connectivity index (χ4v) is 5.93. The van der Waals surface area contributed by atoms with Crippen LogP contribution in [0.5, 0.6) is 11.8 Å². The summed E-state index contributed by atoms with van der Waals surface area (Å²) in [5.74, 6) is -4.98. The quantitative estimate of drug-likeness (QED) is 0.0850. The van der Waals surface area contributed by atoms with Crippen LogP contribution in [0.4, 0.5) is 52.7 Å². The number of nitrogens with zero attached hydrogens (tertiary/aromatic N) is 8. The van der Waals surface area contributed by atoms with E-state index in [0.29, 0.717) is 10.1 Å². The Balaban J connectivity index is 0.000000371. The number of rotatable bonds is 12. The monoisotopic (exact) mass is 1090 g/mol. The Kier molecular flexibility index (Phi) is 20.4. The number of hydrogen-bond donors (Lipinski definition) is 0. The van der Waals surface area contributed by atoms with Crippen LogP contribution in [0.1, 0.15) is 89.3 Å². The van der Waals surface area contributed by atoms with Crippen molar-refractivity contribution in [3.05, 3.63) is 88.9 Å². The second-order valence-corrected chi connectivity index (χ2v) is 16.3. The number of aromatic nitrogens is 8. The van der Waals surface area contributed by atoms with Crippen LogP contribution in [0.15, 0.2) is 65.7 Å². The summed E-state index contributed by atoms with van der Waals surface area (Å²) >= 11 is 3.19. The molecule has 6 aromatic heterocycles. The second-order valence-electron chi connectivity index (χ2n) is 15.4. The largest absolute Gasteiger partial charge is 0.496 e. The molecule has 14 nitrogen and oxygen atoms in total. The third-order valence-electron chi connectivity index (χ3n) is 9.93. The number of pyridine rings is 4. The van der Waals surface area contributed by atoms with Crippen LogP contribution in [-0.2, 0) is 31.0 Å². The fraction of sp³-hybridized carbons (Fsp3) is 0.488. The van der Waals surface area contributed by atoms with E-state index in [1.165, 1.54) is 49.0 Å². The molecule has 0 N–H and O–H groups in total. The Hall–Kier alpha value is -5.32. The number of ether oxygens (including phenoxy) is 4. The summed E-state index contributed by atoms with van der Waals surface area (Å²) in [5, 5.41) is 14.1. The minimum absolute atomic E-state index is 0. The number of halogens is 13. The van der Waals surface area contributed by atoms with E-state index in [0.717, 1.165) is 36.6 Å². The van der Waals surface area contributed by atoms with E-state index in [4.69, 9.17) is 9.31 Å². The first-order valence-corrected chi connectivity index (χ1v) is 20.7. The maximum absolute atomic E-state index is 14.2. The van der Waals surface area contributed by atoms with Gasteiger partial charge in [-0.1, -0.05) is 22.3 Å².